The summed E-state index contributed by atoms with van der Waals surface area (Å²) in [6, 6.07) is 11.4. The van der Waals surface area contributed by atoms with Crippen LogP contribution in [0.3, 0.4) is 0 Å². The van der Waals surface area contributed by atoms with Gasteiger partial charge in [-0.15, -0.1) is 11.8 Å². The molecule has 2 amide bonds. The van der Waals surface area contributed by atoms with Crippen LogP contribution in [-0.4, -0.2) is 36.6 Å². The largest absolute Gasteiger partial charge is 0.345 e. The predicted molar refractivity (Wildman–Crippen MR) is 107 cm³/mol. The molecule has 0 atom stereocenters. The van der Waals surface area contributed by atoms with Crippen molar-refractivity contribution in [1.82, 2.24) is 4.90 Å². The third-order valence-corrected chi connectivity index (χ3v) is 5.64. The molecule has 0 saturated heterocycles. The fraction of sp³-hybridized carbons (Fsp3) is 0.300. The number of halogens is 1. The summed E-state index contributed by atoms with van der Waals surface area (Å²) in [4.78, 5) is 26.8. The first-order chi connectivity index (χ1) is 12.4. The Morgan fingerprint density at radius 2 is 1.88 bits per heavy atom. The first kappa shape index (κ1) is 18.8. The number of rotatable bonds is 5. The van der Waals surface area contributed by atoms with Crippen LogP contribution < -0.4 is 5.32 Å². The number of amides is 2. The molecule has 0 saturated carbocycles. The summed E-state index contributed by atoms with van der Waals surface area (Å²) in [5.74, 6) is 0.0627. The molecule has 26 heavy (non-hydrogen) atoms. The van der Waals surface area contributed by atoms with Gasteiger partial charge in [0.15, 0.2) is 0 Å². The molecular formula is C20H21ClN2O2S. The van der Waals surface area contributed by atoms with E-state index in [9.17, 15) is 9.59 Å². The van der Waals surface area contributed by atoms with Gasteiger partial charge < -0.3 is 10.2 Å². The molecule has 4 nitrogen and oxygen atoms in total. The van der Waals surface area contributed by atoms with Crippen LogP contribution >= 0.6 is 23.4 Å². The van der Waals surface area contributed by atoms with Gasteiger partial charge in [-0.05, 0) is 60.7 Å². The van der Waals surface area contributed by atoms with Crippen molar-refractivity contribution in [2.45, 2.75) is 24.2 Å². The fourth-order valence-corrected chi connectivity index (χ4v) is 4.01. The maximum absolute atomic E-state index is 12.2. The van der Waals surface area contributed by atoms with E-state index >= 15 is 0 Å². The summed E-state index contributed by atoms with van der Waals surface area (Å²) in [6.07, 6.45) is 3.51. The highest BCUT2D eigenvalue weighted by Gasteiger charge is 2.14. The summed E-state index contributed by atoms with van der Waals surface area (Å²) in [5, 5.41) is 3.16. The molecule has 0 aliphatic heterocycles. The molecule has 0 unspecified atom stereocenters. The van der Waals surface area contributed by atoms with Gasteiger partial charge in [0.1, 0.15) is 0 Å². The number of hydrogen-bond acceptors (Lipinski definition) is 3. The Labute approximate surface area is 162 Å². The lowest BCUT2D eigenvalue weighted by Crippen LogP contribution is -2.22. The van der Waals surface area contributed by atoms with Crippen LogP contribution in [0.4, 0.5) is 5.69 Å². The zero-order valence-corrected chi connectivity index (χ0v) is 16.4. The molecule has 0 bridgehead atoms. The number of aryl methyl sites for hydroxylation is 2. The van der Waals surface area contributed by atoms with Crippen LogP contribution in [0.1, 0.15) is 27.9 Å². The average molecular weight is 389 g/mol. The highest BCUT2D eigenvalue weighted by Crippen LogP contribution is 2.28. The van der Waals surface area contributed by atoms with E-state index in [-0.39, 0.29) is 11.8 Å². The normalized spacial score (nSPS) is 12.6. The number of nitrogens with zero attached hydrogens (tertiary/aromatic N) is 1. The zero-order valence-electron chi connectivity index (χ0n) is 14.8. The molecule has 136 valence electrons. The maximum Gasteiger partial charge on any atom is 0.254 e. The van der Waals surface area contributed by atoms with Crippen molar-refractivity contribution in [3.63, 3.8) is 0 Å². The van der Waals surface area contributed by atoms with Crippen molar-refractivity contribution >= 4 is 40.9 Å². The molecule has 1 aliphatic carbocycles. The van der Waals surface area contributed by atoms with E-state index in [1.807, 2.05) is 0 Å². The Morgan fingerprint density at radius 3 is 2.62 bits per heavy atom. The highest BCUT2D eigenvalue weighted by atomic mass is 35.5. The fourth-order valence-electron chi connectivity index (χ4n) is 2.99. The van der Waals surface area contributed by atoms with Gasteiger partial charge in [0.25, 0.3) is 5.91 Å². The molecule has 1 aliphatic rings. The second-order valence-electron chi connectivity index (χ2n) is 6.52. The lowest BCUT2D eigenvalue weighted by atomic mass is 10.1. The third-order valence-electron chi connectivity index (χ3n) is 4.33. The van der Waals surface area contributed by atoms with Crippen LogP contribution in [0.25, 0.3) is 0 Å². The van der Waals surface area contributed by atoms with E-state index in [0.717, 1.165) is 17.7 Å². The minimum Gasteiger partial charge on any atom is -0.345 e. The van der Waals surface area contributed by atoms with Gasteiger partial charge in [0.2, 0.25) is 5.91 Å². The average Bonchev–Trinajstić information content (AvgIpc) is 3.07. The second kappa shape index (κ2) is 8.14. The van der Waals surface area contributed by atoms with E-state index < -0.39 is 0 Å². The monoisotopic (exact) mass is 388 g/mol. The van der Waals surface area contributed by atoms with Crippen molar-refractivity contribution in [1.29, 1.82) is 0 Å². The van der Waals surface area contributed by atoms with Gasteiger partial charge in [-0.25, -0.2) is 0 Å². The number of hydrogen-bond donors (Lipinski definition) is 1. The predicted octanol–water partition coefficient (Wildman–Crippen LogP) is 4.26. The van der Waals surface area contributed by atoms with Gasteiger partial charge in [-0.2, -0.15) is 0 Å². The van der Waals surface area contributed by atoms with Crippen molar-refractivity contribution in [2.75, 3.05) is 25.2 Å². The Balaban J connectivity index is 1.58. The van der Waals surface area contributed by atoms with Gasteiger partial charge in [0, 0.05) is 24.7 Å². The minimum absolute atomic E-state index is 0.0988. The van der Waals surface area contributed by atoms with E-state index in [1.54, 1.807) is 32.3 Å². The van der Waals surface area contributed by atoms with Crippen LogP contribution in [0.5, 0.6) is 0 Å². The van der Waals surface area contributed by atoms with Crippen LogP contribution in [0, 0.1) is 0 Å². The topological polar surface area (TPSA) is 49.4 Å². The van der Waals surface area contributed by atoms with Gasteiger partial charge in [0.05, 0.1) is 16.3 Å². The van der Waals surface area contributed by atoms with Crippen LogP contribution in [0.2, 0.25) is 5.02 Å². The van der Waals surface area contributed by atoms with E-state index in [0.29, 0.717) is 22.0 Å². The molecule has 0 spiro atoms. The summed E-state index contributed by atoms with van der Waals surface area (Å²) in [5.41, 5.74) is 3.84. The number of nitrogens with one attached hydrogen (secondary N) is 1. The molecule has 0 heterocycles. The molecule has 2 aromatic carbocycles. The quantitative estimate of drug-likeness (QED) is 0.778. The van der Waals surface area contributed by atoms with E-state index in [4.69, 9.17) is 11.6 Å². The van der Waals surface area contributed by atoms with Crippen LogP contribution in [-0.2, 0) is 17.6 Å². The standard InChI is InChI=1S/C20H21ClN2O2S/c1-23(2)20(25)17-9-7-15(11-18(17)21)22-19(24)12-26-16-8-6-13-4-3-5-14(13)10-16/h6-11H,3-5,12H2,1-2H3,(H,22,24). The van der Waals surface area contributed by atoms with Crippen molar-refractivity contribution in [2.24, 2.45) is 0 Å². The summed E-state index contributed by atoms with van der Waals surface area (Å²) in [7, 11) is 3.34. The van der Waals surface area contributed by atoms with Crippen molar-refractivity contribution in [3.05, 3.63) is 58.1 Å². The number of carbonyl (C=O) groups is 2. The first-order valence-electron chi connectivity index (χ1n) is 8.49. The second-order valence-corrected chi connectivity index (χ2v) is 7.97. The Hall–Kier alpha value is -1.98. The Morgan fingerprint density at radius 1 is 1.12 bits per heavy atom. The number of carbonyl (C=O) groups excluding carboxylic acids is 2. The van der Waals surface area contributed by atoms with Crippen LogP contribution in [0.15, 0.2) is 41.3 Å². The van der Waals surface area contributed by atoms with Crippen molar-refractivity contribution < 1.29 is 9.59 Å². The zero-order chi connectivity index (χ0) is 18.7. The number of anilines is 1. The lowest BCUT2D eigenvalue weighted by molar-refractivity contribution is -0.113. The first-order valence-corrected chi connectivity index (χ1v) is 9.86. The van der Waals surface area contributed by atoms with E-state index in [2.05, 4.69) is 23.5 Å². The molecule has 0 radical (unpaired) electrons. The third kappa shape index (κ3) is 4.40. The lowest BCUT2D eigenvalue weighted by Gasteiger charge is -2.13. The van der Waals surface area contributed by atoms with Gasteiger partial charge in [-0.1, -0.05) is 17.7 Å². The Kier molecular flexibility index (Phi) is 5.89. The number of fused-ring (bicyclic) bond motifs is 1. The number of benzene rings is 2. The molecule has 1 N–H and O–H groups in total. The molecule has 0 aromatic heterocycles. The van der Waals surface area contributed by atoms with Gasteiger partial charge in [-0.3, -0.25) is 9.59 Å². The number of thioether (sulfide) groups is 1. The molecule has 2 aromatic rings. The van der Waals surface area contributed by atoms with Crippen molar-refractivity contribution in [3.8, 4) is 0 Å². The minimum atomic E-state index is -0.167. The highest BCUT2D eigenvalue weighted by molar-refractivity contribution is 8.00. The molecule has 3 rings (SSSR count). The van der Waals surface area contributed by atoms with Gasteiger partial charge >= 0.3 is 0 Å². The summed E-state index contributed by atoms with van der Waals surface area (Å²) in [6.45, 7) is 0. The smallest absolute Gasteiger partial charge is 0.254 e. The summed E-state index contributed by atoms with van der Waals surface area (Å²) >= 11 is 7.70. The molecule has 0 fully saturated rings. The van der Waals surface area contributed by atoms with E-state index in [1.165, 1.54) is 34.2 Å². The Bertz CT molecular complexity index is 852. The summed E-state index contributed by atoms with van der Waals surface area (Å²) < 4.78 is 0. The molecule has 6 heteroatoms. The SMILES string of the molecule is CN(C)C(=O)c1ccc(NC(=O)CSc2ccc3c(c2)CCC3)cc1Cl. The maximum atomic E-state index is 12.2. The molecular weight excluding hydrogens is 368 g/mol.